The molecule has 5 aromatic rings. The van der Waals surface area contributed by atoms with Crippen molar-refractivity contribution in [3.05, 3.63) is 96.1 Å². The number of thiophene rings is 1. The van der Waals surface area contributed by atoms with Crippen LogP contribution < -0.4 is 5.32 Å². The summed E-state index contributed by atoms with van der Waals surface area (Å²) in [7, 11) is 1.91. The van der Waals surface area contributed by atoms with E-state index in [0.717, 1.165) is 26.5 Å². The summed E-state index contributed by atoms with van der Waals surface area (Å²) in [5, 5.41) is 3.16. The molecule has 0 radical (unpaired) electrons. The zero-order chi connectivity index (χ0) is 27.1. The van der Waals surface area contributed by atoms with E-state index in [9.17, 15) is 14.0 Å². The highest BCUT2D eigenvalue weighted by atomic mass is 32.1. The SMILES string of the molecule is Cn1cnc(-c2cc3nccc(Nc4ccc(CC(=O)C5(C(=O)Cc6ccc(F)cc6)CC5)cc4F)c3s2)c1. The Bertz CT molecular complexity index is 1720. The molecule has 0 unspecified atom stereocenters. The average molecular weight is 543 g/mol. The van der Waals surface area contributed by atoms with Crippen LogP contribution in [0.15, 0.2) is 73.3 Å². The quantitative estimate of drug-likeness (QED) is 0.218. The smallest absolute Gasteiger partial charge is 0.150 e. The zero-order valence-electron chi connectivity index (χ0n) is 21.1. The van der Waals surface area contributed by atoms with Crippen LogP contribution in [0.25, 0.3) is 20.8 Å². The van der Waals surface area contributed by atoms with E-state index in [1.54, 1.807) is 42.9 Å². The maximum Gasteiger partial charge on any atom is 0.150 e. The largest absolute Gasteiger partial charge is 0.352 e. The van der Waals surface area contributed by atoms with Gasteiger partial charge in [-0.3, -0.25) is 14.6 Å². The van der Waals surface area contributed by atoms with E-state index in [-0.39, 0.29) is 35.9 Å². The summed E-state index contributed by atoms with van der Waals surface area (Å²) >= 11 is 1.52. The van der Waals surface area contributed by atoms with Gasteiger partial charge in [0.15, 0.2) is 11.6 Å². The van der Waals surface area contributed by atoms with Gasteiger partial charge in [0.25, 0.3) is 0 Å². The Kier molecular flexibility index (Phi) is 6.31. The van der Waals surface area contributed by atoms with Gasteiger partial charge in [0.2, 0.25) is 0 Å². The Hall–Kier alpha value is -4.24. The van der Waals surface area contributed by atoms with Crippen molar-refractivity contribution in [1.82, 2.24) is 14.5 Å². The van der Waals surface area contributed by atoms with E-state index in [2.05, 4.69) is 15.3 Å². The van der Waals surface area contributed by atoms with Crippen LogP contribution >= 0.6 is 11.3 Å². The van der Waals surface area contributed by atoms with E-state index < -0.39 is 11.2 Å². The number of hydrogen-bond donors (Lipinski definition) is 1. The molecule has 3 heterocycles. The van der Waals surface area contributed by atoms with Gasteiger partial charge in [-0.1, -0.05) is 18.2 Å². The van der Waals surface area contributed by atoms with Gasteiger partial charge < -0.3 is 9.88 Å². The van der Waals surface area contributed by atoms with Gasteiger partial charge >= 0.3 is 0 Å². The molecule has 0 saturated heterocycles. The lowest BCUT2D eigenvalue weighted by Gasteiger charge is -2.14. The van der Waals surface area contributed by atoms with Crippen molar-refractivity contribution in [2.45, 2.75) is 25.7 Å². The Morgan fingerprint density at radius 1 is 0.949 bits per heavy atom. The molecule has 9 heteroatoms. The van der Waals surface area contributed by atoms with Crippen molar-refractivity contribution in [2.24, 2.45) is 12.5 Å². The lowest BCUT2D eigenvalue weighted by Crippen LogP contribution is -2.29. The molecule has 6 rings (SSSR count). The van der Waals surface area contributed by atoms with Gasteiger partial charge in [0.1, 0.15) is 11.6 Å². The molecule has 2 aromatic carbocycles. The van der Waals surface area contributed by atoms with Gasteiger partial charge in [-0.05, 0) is 60.4 Å². The first kappa shape index (κ1) is 25.1. The summed E-state index contributed by atoms with van der Waals surface area (Å²) in [4.78, 5) is 35.8. The summed E-state index contributed by atoms with van der Waals surface area (Å²) in [6.45, 7) is 0. The fraction of sp³-hybridized carbons (Fsp3) is 0.200. The van der Waals surface area contributed by atoms with Crippen LogP contribution in [0.5, 0.6) is 0 Å². The second-order valence-electron chi connectivity index (χ2n) is 9.96. The number of nitrogens with one attached hydrogen (secondary N) is 1. The molecule has 6 nitrogen and oxygen atoms in total. The molecule has 0 aliphatic heterocycles. The Morgan fingerprint density at radius 3 is 2.33 bits per heavy atom. The van der Waals surface area contributed by atoms with Crippen molar-refractivity contribution in [3.63, 3.8) is 0 Å². The van der Waals surface area contributed by atoms with Gasteiger partial charge in [-0.2, -0.15) is 0 Å². The number of Topliss-reactive ketones (excluding diaryl/α,β-unsaturated/α-hetero) is 2. The number of aryl methyl sites for hydroxylation is 1. The third-order valence-corrected chi connectivity index (χ3v) is 8.31. The zero-order valence-corrected chi connectivity index (χ0v) is 21.9. The minimum Gasteiger partial charge on any atom is -0.352 e. The fourth-order valence-corrected chi connectivity index (χ4v) is 5.81. The summed E-state index contributed by atoms with van der Waals surface area (Å²) in [5.74, 6) is -1.23. The van der Waals surface area contributed by atoms with Crippen LogP contribution in [0.2, 0.25) is 0 Å². The second-order valence-corrected chi connectivity index (χ2v) is 11.0. The minimum absolute atomic E-state index is 0.0236. The molecule has 1 N–H and O–H groups in total. The predicted molar refractivity (Wildman–Crippen MR) is 147 cm³/mol. The number of imidazole rings is 1. The number of pyridine rings is 1. The van der Waals surface area contributed by atoms with Gasteiger partial charge in [-0.15, -0.1) is 11.3 Å². The Balaban J connectivity index is 1.16. The van der Waals surface area contributed by atoms with Crippen molar-refractivity contribution in [2.75, 3.05) is 5.32 Å². The molecular formula is C30H24F2N4O2S. The molecule has 3 aromatic heterocycles. The molecule has 39 heavy (non-hydrogen) atoms. The lowest BCUT2D eigenvalue weighted by atomic mass is 9.88. The molecule has 0 bridgehead atoms. The molecule has 1 fully saturated rings. The maximum atomic E-state index is 15.2. The summed E-state index contributed by atoms with van der Waals surface area (Å²) < 4.78 is 31.1. The number of fused-ring (bicyclic) bond motifs is 1. The van der Waals surface area contributed by atoms with Crippen LogP contribution in [-0.4, -0.2) is 26.1 Å². The van der Waals surface area contributed by atoms with Crippen molar-refractivity contribution < 1.29 is 18.4 Å². The van der Waals surface area contributed by atoms with Crippen LogP contribution in [-0.2, 0) is 29.5 Å². The monoisotopic (exact) mass is 542 g/mol. The summed E-state index contributed by atoms with van der Waals surface area (Å²) in [6, 6.07) is 14.1. The van der Waals surface area contributed by atoms with Crippen LogP contribution in [0.1, 0.15) is 24.0 Å². The highest BCUT2D eigenvalue weighted by molar-refractivity contribution is 7.22. The van der Waals surface area contributed by atoms with Gasteiger partial charge in [0, 0.05) is 32.3 Å². The first-order valence-corrected chi connectivity index (χ1v) is 13.4. The number of benzene rings is 2. The molecule has 0 atom stereocenters. The number of ketones is 2. The van der Waals surface area contributed by atoms with E-state index in [0.29, 0.717) is 24.0 Å². The van der Waals surface area contributed by atoms with Crippen molar-refractivity contribution in [3.8, 4) is 10.6 Å². The first-order valence-electron chi connectivity index (χ1n) is 12.5. The fourth-order valence-electron chi connectivity index (χ4n) is 4.77. The third kappa shape index (κ3) is 4.97. The Labute approximate surface area is 227 Å². The number of nitrogens with zero attached hydrogens (tertiary/aromatic N) is 3. The molecule has 1 aliphatic rings. The molecular weight excluding hydrogens is 518 g/mol. The average Bonchev–Trinajstić information content (AvgIpc) is 3.44. The predicted octanol–water partition coefficient (Wildman–Crippen LogP) is 6.42. The van der Waals surface area contributed by atoms with Gasteiger partial charge in [0.05, 0.1) is 43.9 Å². The summed E-state index contributed by atoms with van der Waals surface area (Å²) in [6.07, 6.45) is 6.38. The number of aromatic nitrogens is 3. The molecule has 0 spiro atoms. The standard InChI is InChI=1S/C30H24F2N4O2S/c1-36-16-25(34-17-36)26-15-24-29(39-26)23(8-11-33-24)35-22-7-4-19(12-21(22)32)14-28(38)30(9-10-30)27(37)13-18-2-5-20(31)6-3-18/h2-8,11-12,15-17H,9-10,13-14H2,1H3,(H,33,35). The molecule has 1 saturated carbocycles. The molecule has 196 valence electrons. The van der Waals surface area contributed by atoms with E-state index in [1.807, 2.05) is 23.9 Å². The van der Waals surface area contributed by atoms with E-state index >= 15 is 4.39 Å². The highest BCUT2D eigenvalue weighted by Gasteiger charge is 2.54. The maximum absolute atomic E-state index is 15.2. The van der Waals surface area contributed by atoms with Crippen LogP contribution in [0.3, 0.4) is 0 Å². The van der Waals surface area contributed by atoms with E-state index in [4.69, 9.17) is 0 Å². The number of halogens is 2. The van der Waals surface area contributed by atoms with E-state index in [1.165, 1.54) is 29.5 Å². The number of rotatable bonds is 9. The van der Waals surface area contributed by atoms with Crippen LogP contribution in [0, 0.1) is 17.0 Å². The van der Waals surface area contributed by atoms with Crippen molar-refractivity contribution >= 4 is 44.5 Å². The highest BCUT2D eigenvalue weighted by Crippen LogP contribution is 2.49. The normalized spacial score (nSPS) is 13.9. The van der Waals surface area contributed by atoms with Gasteiger partial charge in [-0.25, -0.2) is 13.8 Å². The number of hydrogen-bond acceptors (Lipinski definition) is 6. The number of anilines is 2. The topological polar surface area (TPSA) is 76.9 Å². The van der Waals surface area contributed by atoms with Crippen molar-refractivity contribution in [1.29, 1.82) is 0 Å². The molecule has 0 amide bonds. The number of carbonyl (C=O) groups excluding carboxylic acids is 2. The Morgan fingerprint density at radius 2 is 1.67 bits per heavy atom. The lowest BCUT2D eigenvalue weighted by molar-refractivity contribution is -0.133. The number of carbonyl (C=O) groups is 2. The van der Waals surface area contributed by atoms with Crippen LogP contribution in [0.4, 0.5) is 20.2 Å². The summed E-state index contributed by atoms with van der Waals surface area (Å²) in [5.41, 5.74) is 2.79. The molecule has 1 aliphatic carbocycles. The minimum atomic E-state index is -1.02. The third-order valence-electron chi connectivity index (χ3n) is 7.13. The second kappa shape index (κ2) is 9.81. The first-order chi connectivity index (χ1) is 18.8.